The van der Waals surface area contributed by atoms with Crippen molar-refractivity contribution in [2.45, 2.75) is 45.2 Å². The van der Waals surface area contributed by atoms with E-state index in [0.717, 1.165) is 27.8 Å². The van der Waals surface area contributed by atoms with E-state index in [0.29, 0.717) is 17.5 Å². The molecule has 2 N–H and O–H groups in total. The highest BCUT2D eigenvalue weighted by Crippen LogP contribution is 2.34. The van der Waals surface area contributed by atoms with Gasteiger partial charge in [-0.15, -0.1) is 0 Å². The molecule has 3 rings (SSSR count). The number of carbonyl (C=O) groups excluding carboxylic acids is 1. The van der Waals surface area contributed by atoms with Crippen LogP contribution in [0.15, 0.2) is 40.9 Å². The molecule has 1 aliphatic rings. The normalized spacial score (nSPS) is 14.1. The summed E-state index contributed by atoms with van der Waals surface area (Å²) < 4.78 is 12.1. The van der Waals surface area contributed by atoms with Crippen LogP contribution in [0.2, 0.25) is 0 Å². The molecule has 0 spiro atoms. The molecule has 28 heavy (non-hydrogen) atoms. The summed E-state index contributed by atoms with van der Waals surface area (Å²) in [5.41, 5.74) is 3.01. The van der Waals surface area contributed by atoms with Crippen molar-refractivity contribution in [2.24, 2.45) is 0 Å². The minimum atomic E-state index is -0.214. The summed E-state index contributed by atoms with van der Waals surface area (Å²) >= 11 is 3.61. The first-order chi connectivity index (χ1) is 13.5. The van der Waals surface area contributed by atoms with Gasteiger partial charge in [-0.2, -0.15) is 0 Å². The van der Waals surface area contributed by atoms with E-state index >= 15 is 0 Å². The third kappa shape index (κ3) is 5.72. The second-order valence-corrected chi connectivity index (χ2v) is 8.01. The van der Waals surface area contributed by atoms with E-state index in [-0.39, 0.29) is 12.5 Å². The molecule has 1 saturated carbocycles. The fraction of sp³-hybridized carbons (Fsp3) is 0.409. The lowest BCUT2D eigenvalue weighted by Gasteiger charge is -2.16. The van der Waals surface area contributed by atoms with Gasteiger partial charge in [-0.25, -0.2) is 0 Å². The number of aryl methyl sites for hydroxylation is 1. The van der Waals surface area contributed by atoms with Crippen LogP contribution in [-0.2, 0) is 11.3 Å². The zero-order chi connectivity index (χ0) is 19.9. The van der Waals surface area contributed by atoms with Crippen molar-refractivity contribution in [2.75, 3.05) is 19.0 Å². The van der Waals surface area contributed by atoms with Crippen LogP contribution in [0, 0.1) is 6.92 Å². The minimum Gasteiger partial charge on any atom is -0.493 e. The maximum Gasteiger partial charge on any atom is 0.262 e. The Balaban J connectivity index is 1.58. The first-order valence-corrected chi connectivity index (χ1v) is 10.4. The summed E-state index contributed by atoms with van der Waals surface area (Å²) in [6.45, 7) is 2.69. The predicted molar refractivity (Wildman–Crippen MR) is 115 cm³/mol. The first kappa shape index (κ1) is 20.7. The van der Waals surface area contributed by atoms with E-state index in [1.165, 1.54) is 25.7 Å². The van der Waals surface area contributed by atoms with Gasteiger partial charge in [0.1, 0.15) is 0 Å². The van der Waals surface area contributed by atoms with E-state index in [1.54, 1.807) is 7.11 Å². The maximum atomic E-state index is 12.2. The van der Waals surface area contributed by atoms with Gasteiger partial charge >= 0.3 is 0 Å². The number of hydrogen-bond acceptors (Lipinski definition) is 4. The Labute approximate surface area is 174 Å². The van der Waals surface area contributed by atoms with Crippen LogP contribution >= 0.6 is 15.9 Å². The van der Waals surface area contributed by atoms with Crippen molar-refractivity contribution in [1.29, 1.82) is 0 Å². The molecule has 5 nitrogen and oxygen atoms in total. The number of hydrogen-bond donors (Lipinski definition) is 2. The number of benzene rings is 2. The van der Waals surface area contributed by atoms with E-state index in [4.69, 9.17) is 9.47 Å². The summed E-state index contributed by atoms with van der Waals surface area (Å²) in [6, 6.07) is 12.1. The number of ether oxygens (including phenoxy) is 2. The lowest BCUT2D eigenvalue weighted by atomic mass is 10.1. The van der Waals surface area contributed by atoms with Crippen LogP contribution in [-0.4, -0.2) is 25.7 Å². The molecule has 0 radical (unpaired) electrons. The Morgan fingerprint density at radius 3 is 2.54 bits per heavy atom. The smallest absolute Gasteiger partial charge is 0.262 e. The highest BCUT2D eigenvalue weighted by molar-refractivity contribution is 9.10. The Bertz CT molecular complexity index is 802. The summed E-state index contributed by atoms with van der Waals surface area (Å²) in [4.78, 5) is 12.2. The molecular weight excluding hydrogens is 420 g/mol. The monoisotopic (exact) mass is 446 g/mol. The third-order valence-corrected chi connectivity index (χ3v) is 5.70. The van der Waals surface area contributed by atoms with Gasteiger partial charge in [0.25, 0.3) is 5.91 Å². The van der Waals surface area contributed by atoms with Crippen LogP contribution < -0.4 is 20.1 Å². The van der Waals surface area contributed by atoms with Crippen molar-refractivity contribution in [3.8, 4) is 11.5 Å². The van der Waals surface area contributed by atoms with E-state index in [2.05, 4.69) is 26.6 Å². The molecule has 1 aliphatic carbocycles. The highest BCUT2D eigenvalue weighted by Gasteiger charge is 2.16. The van der Waals surface area contributed by atoms with E-state index < -0.39 is 0 Å². The molecule has 150 valence electrons. The predicted octanol–water partition coefficient (Wildman–Crippen LogP) is 4.82. The summed E-state index contributed by atoms with van der Waals surface area (Å²) in [6.07, 6.45) is 5.09. The topological polar surface area (TPSA) is 59.6 Å². The van der Waals surface area contributed by atoms with Crippen LogP contribution in [0.3, 0.4) is 0 Å². The first-order valence-electron chi connectivity index (χ1n) is 9.64. The van der Waals surface area contributed by atoms with Crippen molar-refractivity contribution in [3.63, 3.8) is 0 Å². The van der Waals surface area contributed by atoms with Crippen molar-refractivity contribution in [1.82, 2.24) is 5.32 Å². The number of rotatable bonds is 8. The van der Waals surface area contributed by atoms with Crippen molar-refractivity contribution < 1.29 is 14.3 Å². The largest absolute Gasteiger partial charge is 0.493 e. The fourth-order valence-electron chi connectivity index (χ4n) is 3.35. The lowest BCUT2D eigenvalue weighted by molar-refractivity contribution is -0.118. The number of amides is 1. The number of anilines is 1. The molecule has 0 aromatic heterocycles. The highest BCUT2D eigenvalue weighted by atomic mass is 79.9. The molecular formula is C22H27BrN2O3. The van der Waals surface area contributed by atoms with Crippen LogP contribution in [0.25, 0.3) is 0 Å². The minimum absolute atomic E-state index is 0.0870. The van der Waals surface area contributed by atoms with Gasteiger partial charge in [0.05, 0.1) is 7.11 Å². The van der Waals surface area contributed by atoms with Gasteiger partial charge < -0.3 is 20.1 Å². The number of halogens is 1. The summed E-state index contributed by atoms with van der Waals surface area (Å²) in [5.74, 6) is 0.946. The number of carbonyl (C=O) groups is 1. The molecule has 1 fully saturated rings. The van der Waals surface area contributed by atoms with Gasteiger partial charge in [-0.3, -0.25) is 4.79 Å². The maximum absolute atomic E-state index is 12.2. The van der Waals surface area contributed by atoms with Gasteiger partial charge in [-0.1, -0.05) is 46.5 Å². The van der Waals surface area contributed by atoms with Crippen molar-refractivity contribution >= 4 is 27.5 Å². The van der Waals surface area contributed by atoms with Gasteiger partial charge in [0.2, 0.25) is 0 Å². The zero-order valence-electron chi connectivity index (χ0n) is 16.4. The molecule has 0 heterocycles. The SMILES string of the molecule is COc1cc(CNC2CCCC2)c(Br)cc1OCC(=O)Nc1ccc(C)cc1. The molecule has 2 aromatic rings. The van der Waals surface area contributed by atoms with Crippen LogP contribution in [0.5, 0.6) is 11.5 Å². The number of nitrogens with one attached hydrogen (secondary N) is 2. The van der Waals surface area contributed by atoms with Crippen LogP contribution in [0.4, 0.5) is 5.69 Å². The van der Waals surface area contributed by atoms with Gasteiger partial charge in [-0.05, 0) is 49.6 Å². The molecule has 0 saturated heterocycles. The van der Waals surface area contributed by atoms with E-state index in [1.807, 2.05) is 43.3 Å². The molecule has 6 heteroatoms. The van der Waals surface area contributed by atoms with Gasteiger partial charge in [0.15, 0.2) is 18.1 Å². The molecule has 1 amide bonds. The fourth-order valence-corrected chi connectivity index (χ4v) is 3.81. The van der Waals surface area contributed by atoms with E-state index in [9.17, 15) is 4.79 Å². The quantitative estimate of drug-likeness (QED) is 0.610. The Kier molecular flexibility index (Phi) is 7.34. The Morgan fingerprint density at radius 1 is 1.14 bits per heavy atom. The third-order valence-electron chi connectivity index (χ3n) is 4.96. The molecule has 2 aromatic carbocycles. The second kappa shape index (κ2) is 9.94. The summed E-state index contributed by atoms with van der Waals surface area (Å²) in [7, 11) is 1.61. The molecule has 0 bridgehead atoms. The molecule has 0 aliphatic heterocycles. The molecule has 0 atom stereocenters. The van der Waals surface area contributed by atoms with Gasteiger partial charge in [0, 0.05) is 22.7 Å². The summed E-state index contributed by atoms with van der Waals surface area (Å²) in [5, 5.41) is 6.43. The Morgan fingerprint density at radius 2 is 1.86 bits per heavy atom. The molecule has 0 unspecified atom stereocenters. The zero-order valence-corrected chi connectivity index (χ0v) is 18.0. The van der Waals surface area contributed by atoms with Crippen LogP contribution in [0.1, 0.15) is 36.8 Å². The number of methoxy groups -OCH3 is 1. The standard InChI is InChI=1S/C22H27BrN2O3/c1-15-7-9-18(10-8-15)25-22(26)14-28-21-12-19(23)16(11-20(21)27-2)13-24-17-5-3-4-6-17/h7-12,17,24H,3-6,13-14H2,1-2H3,(H,25,26). The van der Waals surface area contributed by atoms with Crippen molar-refractivity contribution in [3.05, 3.63) is 52.0 Å². The second-order valence-electron chi connectivity index (χ2n) is 7.16. The Hall–Kier alpha value is -2.05. The average Bonchev–Trinajstić information content (AvgIpc) is 3.21. The average molecular weight is 447 g/mol. The lowest BCUT2D eigenvalue weighted by Crippen LogP contribution is -2.25.